The second-order valence-corrected chi connectivity index (χ2v) is 8.83. The number of hydrogen-bond acceptors (Lipinski definition) is 6. The molecule has 1 N–H and O–H groups in total. The summed E-state index contributed by atoms with van der Waals surface area (Å²) in [6.45, 7) is 0. The van der Waals surface area contributed by atoms with Crippen LogP contribution in [0.2, 0.25) is 0 Å². The highest BCUT2D eigenvalue weighted by molar-refractivity contribution is 8.13. The number of benzene rings is 2. The van der Waals surface area contributed by atoms with E-state index < -0.39 is 15.9 Å². The van der Waals surface area contributed by atoms with Gasteiger partial charge in [-0.2, -0.15) is 0 Å². The molecule has 0 aliphatic heterocycles. The highest BCUT2D eigenvalue weighted by Crippen LogP contribution is 2.23. The van der Waals surface area contributed by atoms with Crippen molar-refractivity contribution in [1.29, 1.82) is 0 Å². The molecule has 2 aromatic carbocycles. The van der Waals surface area contributed by atoms with Crippen LogP contribution in [0.4, 0.5) is 10.5 Å². The van der Waals surface area contributed by atoms with Crippen LogP contribution < -0.4 is 5.32 Å². The molecule has 0 aromatic heterocycles. The van der Waals surface area contributed by atoms with Gasteiger partial charge in [-0.3, -0.25) is 14.4 Å². The first-order valence-corrected chi connectivity index (χ1v) is 10.3. The van der Waals surface area contributed by atoms with E-state index in [4.69, 9.17) is 4.84 Å². The van der Waals surface area contributed by atoms with Crippen LogP contribution >= 0.6 is 11.8 Å². The van der Waals surface area contributed by atoms with Crippen molar-refractivity contribution in [3.8, 4) is 0 Å². The maximum absolute atomic E-state index is 12.5. The van der Waals surface area contributed by atoms with E-state index in [1.807, 2.05) is 0 Å². The molecule has 8 nitrogen and oxygen atoms in total. The molecule has 0 saturated carbocycles. The van der Waals surface area contributed by atoms with Crippen molar-refractivity contribution in [3.63, 3.8) is 0 Å². The number of hydrogen-bond donors (Lipinski definition) is 1. The lowest BCUT2D eigenvalue weighted by molar-refractivity contribution is -0.0258. The number of nitrogens with zero attached hydrogens (tertiary/aromatic N) is 2. The fraction of sp³-hybridized carbons (Fsp3) is 0.222. The third-order valence-corrected chi connectivity index (χ3v) is 6.40. The van der Waals surface area contributed by atoms with E-state index in [1.54, 1.807) is 38.4 Å². The Morgan fingerprint density at radius 3 is 2.25 bits per heavy atom. The van der Waals surface area contributed by atoms with Gasteiger partial charge in [0.1, 0.15) is 0 Å². The molecule has 150 valence electrons. The number of rotatable bonds is 6. The second kappa shape index (κ2) is 9.20. The van der Waals surface area contributed by atoms with E-state index >= 15 is 0 Å². The van der Waals surface area contributed by atoms with Crippen molar-refractivity contribution in [1.82, 2.24) is 9.37 Å². The summed E-state index contributed by atoms with van der Waals surface area (Å²) < 4.78 is 25.3. The van der Waals surface area contributed by atoms with Crippen LogP contribution in [-0.2, 0) is 14.9 Å². The molecule has 0 radical (unpaired) electrons. The van der Waals surface area contributed by atoms with Crippen molar-refractivity contribution in [3.05, 3.63) is 54.1 Å². The lowest BCUT2D eigenvalue weighted by Gasteiger charge is -2.14. The predicted octanol–water partition coefficient (Wildman–Crippen LogP) is 2.89. The van der Waals surface area contributed by atoms with Crippen LogP contribution in [0.15, 0.2) is 58.3 Å². The van der Waals surface area contributed by atoms with Crippen LogP contribution in [0.3, 0.4) is 0 Å². The van der Waals surface area contributed by atoms with E-state index in [2.05, 4.69) is 5.32 Å². The number of thioether (sulfide) groups is 1. The standard InChI is InChI=1S/C18H21N3O5S2/c1-20(2)18(23)27-15-10-8-14(9-11-15)19-17(22)13-6-5-7-16(12-13)28(24,25)21(3)26-4/h5-12H,1-4H3,(H,19,22). The topological polar surface area (TPSA) is 96.0 Å². The number of amides is 2. The van der Waals surface area contributed by atoms with E-state index in [1.165, 1.54) is 43.3 Å². The second-order valence-electron chi connectivity index (χ2n) is 5.87. The van der Waals surface area contributed by atoms with Gasteiger partial charge in [0.15, 0.2) is 0 Å². The van der Waals surface area contributed by atoms with Gasteiger partial charge in [0.05, 0.1) is 12.0 Å². The molecule has 0 heterocycles. The number of sulfonamides is 1. The summed E-state index contributed by atoms with van der Waals surface area (Å²) in [6.07, 6.45) is 0. The summed E-state index contributed by atoms with van der Waals surface area (Å²) >= 11 is 1.08. The minimum atomic E-state index is -3.85. The highest BCUT2D eigenvalue weighted by atomic mass is 32.2. The number of carbonyl (C=O) groups excluding carboxylic acids is 2. The van der Waals surface area contributed by atoms with Gasteiger partial charge in [-0.05, 0) is 54.2 Å². The van der Waals surface area contributed by atoms with Crippen LogP contribution in [0.25, 0.3) is 0 Å². The lowest BCUT2D eigenvalue weighted by atomic mass is 10.2. The largest absolute Gasteiger partial charge is 0.339 e. The molecule has 0 spiro atoms. The summed E-state index contributed by atoms with van der Waals surface area (Å²) in [5, 5.41) is 2.60. The summed E-state index contributed by atoms with van der Waals surface area (Å²) in [5.74, 6) is -0.457. The zero-order chi connectivity index (χ0) is 20.9. The van der Waals surface area contributed by atoms with Crippen LogP contribution in [0, 0.1) is 0 Å². The molecular weight excluding hydrogens is 402 g/mol. The van der Waals surface area contributed by atoms with Gasteiger partial charge in [0, 0.05) is 37.3 Å². The molecule has 28 heavy (non-hydrogen) atoms. The third kappa shape index (κ3) is 5.32. The Morgan fingerprint density at radius 1 is 1.04 bits per heavy atom. The SMILES string of the molecule is CON(C)S(=O)(=O)c1cccc(C(=O)Nc2ccc(SC(=O)N(C)C)cc2)c1. The molecule has 2 aromatic rings. The number of anilines is 1. The molecule has 0 atom stereocenters. The molecule has 0 bridgehead atoms. The summed E-state index contributed by atoms with van der Waals surface area (Å²) in [7, 11) is 1.99. The molecule has 2 rings (SSSR count). The van der Waals surface area contributed by atoms with Gasteiger partial charge in [0.2, 0.25) is 0 Å². The highest BCUT2D eigenvalue weighted by Gasteiger charge is 2.22. The van der Waals surface area contributed by atoms with Crippen molar-refractivity contribution in [2.75, 3.05) is 33.6 Å². The Labute approximate surface area is 168 Å². The molecule has 0 unspecified atom stereocenters. The molecule has 2 amide bonds. The number of hydroxylamine groups is 1. The Hall–Kier alpha value is -2.40. The van der Waals surface area contributed by atoms with Crippen LogP contribution in [0.5, 0.6) is 0 Å². The van der Waals surface area contributed by atoms with Gasteiger partial charge in [-0.25, -0.2) is 8.42 Å². The van der Waals surface area contributed by atoms with Gasteiger partial charge >= 0.3 is 0 Å². The summed E-state index contributed by atoms with van der Waals surface area (Å²) in [5.41, 5.74) is 0.709. The minimum absolute atomic E-state index is 0.0570. The van der Waals surface area contributed by atoms with Crippen molar-refractivity contribution >= 4 is 38.6 Å². The molecule has 0 fully saturated rings. The number of nitrogens with one attached hydrogen (secondary N) is 1. The monoisotopic (exact) mass is 423 g/mol. The van der Waals surface area contributed by atoms with Gasteiger partial charge in [-0.15, -0.1) is 0 Å². The van der Waals surface area contributed by atoms with Gasteiger partial charge in [0.25, 0.3) is 21.2 Å². The first-order chi connectivity index (χ1) is 13.1. The first-order valence-electron chi connectivity index (χ1n) is 8.09. The average molecular weight is 424 g/mol. The predicted molar refractivity (Wildman–Crippen MR) is 108 cm³/mol. The molecule has 10 heteroatoms. The zero-order valence-corrected chi connectivity index (χ0v) is 17.5. The quantitative estimate of drug-likeness (QED) is 0.567. The maximum atomic E-state index is 12.5. The lowest BCUT2D eigenvalue weighted by Crippen LogP contribution is -2.26. The van der Waals surface area contributed by atoms with E-state index in [-0.39, 0.29) is 15.7 Å². The van der Waals surface area contributed by atoms with Crippen LogP contribution in [0.1, 0.15) is 10.4 Å². The van der Waals surface area contributed by atoms with Gasteiger partial charge < -0.3 is 10.2 Å². The molecular formula is C18H21N3O5S2. The first kappa shape index (κ1) is 21.9. The Morgan fingerprint density at radius 2 is 1.68 bits per heavy atom. The van der Waals surface area contributed by atoms with Crippen LogP contribution in [-0.4, -0.2) is 57.2 Å². The maximum Gasteiger partial charge on any atom is 0.285 e. The van der Waals surface area contributed by atoms with E-state index in [0.717, 1.165) is 21.1 Å². The third-order valence-electron chi connectivity index (χ3n) is 3.67. The van der Waals surface area contributed by atoms with Crippen molar-refractivity contribution in [2.45, 2.75) is 9.79 Å². The average Bonchev–Trinajstić information content (AvgIpc) is 2.68. The minimum Gasteiger partial charge on any atom is -0.339 e. The van der Waals surface area contributed by atoms with E-state index in [9.17, 15) is 18.0 Å². The summed E-state index contributed by atoms with van der Waals surface area (Å²) in [6, 6.07) is 12.4. The fourth-order valence-corrected chi connectivity index (χ4v) is 3.72. The fourth-order valence-electron chi connectivity index (χ4n) is 2.05. The Kier molecular flexibility index (Phi) is 7.19. The zero-order valence-electron chi connectivity index (χ0n) is 15.9. The smallest absolute Gasteiger partial charge is 0.285 e. The summed E-state index contributed by atoms with van der Waals surface area (Å²) in [4.78, 5) is 31.1. The number of carbonyl (C=O) groups is 2. The Bertz CT molecular complexity index is 959. The normalized spacial score (nSPS) is 11.3. The molecule has 0 aliphatic rings. The Balaban J connectivity index is 2.13. The molecule has 0 aliphatic carbocycles. The molecule has 0 saturated heterocycles. The van der Waals surface area contributed by atoms with Crippen molar-refractivity contribution in [2.24, 2.45) is 0 Å². The van der Waals surface area contributed by atoms with Crippen molar-refractivity contribution < 1.29 is 22.8 Å². The van der Waals surface area contributed by atoms with Gasteiger partial charge in [-0.1, -0.05) is 10.5 Å². The van der Waals surface area contributed by atoms with E-state index in [0.29, 0.717) is 5.69 Å².